The minimum absolute atomic E-state index is 0.227. The zero-order valence-corrected chi connectivity index (χ0v) is 11.9. The van der Waals surface area contributed by atoms with E-state index in [4.69, 9.17) is 9.47 Å². The highest BCUT2D eigenvalue weighted by molar-refractivity contribution is 4.76. The van der Waals surface area contributed by atoms with E-state index in [0.717, 1.165) is 26.0 Å². The Morgan fingerprint density at radius 3 is 2.59 bits per heavy atom. The van der Waals surface area contributed by atoms with Crippen LogP contribution in [0.25, 0.3) is 0 Å². The Morgan fingerprint density at radius 1 is 1.24 bits per heavy atom. The Bertz CT molecular complexity index is 206. The molecule has 3 nitrogen and oxygen atoms in total. The Morgan fingerprint density at radius 2 is 1.94 bits per heavy atom. The molecule has 3 heteroatoms. The highest BCUT2D eigenvalue weighted by Crippen LogP contribution is 2.22. The molecule has 1 fully saturated rings. The van der Waals surface area contributed by atoms with Crippen LogP contribution in [0.1, 0.15) is 52.9 Å². The minimum atomic E-state index is 0.227. The van der Waals surface area contributed by atoms with E-state index in [1.165, 1.54) is 19.3 Å². The summed E-state index contributed by atoms with van der Waals surface area (Å²) in [6, 6.07) is 0. The van der Waals surface area contributed by atoms with Gasteiger partial charge in [0.15, 0.2) is 0 Å². The molecule has 2 unspecified atom stereocenters. The molecule has 1 aliphatic carbocycles. The molecule has 0 amide bonds. The lowest BCUT2D eigenvalue weighted by Gasteiger charge is -2.29. The van der Waals surface area contributed by atoms with Crippen molar-refractivity contribution in [2.24, 2.45) is 0 Å². The van der Waals surface area contributed by atoms with Gasteiger partial charge in [0.25, 0.3) is 0 Å². The van der Waals surface area contributed by atoms with Gasteiger partial charge in [-0.05, 0) is 46.0 Å². The molecular weight excluding hydrogens is 214 g/mol. The molecule has 102 valence electrons. The van der Waals surface area contributed by atoms with E-state index < -0.39 is 0 Å². The van der Waals surface area contributed by atoms with E-state index in [1.54, 1.807) is 7.11 Å². The standard InChI is InChI=1S/C14H29NO2/c1-5-14(2,3)15-9-10-17-13-8-6-7-12(11-13)16-4/h12-13,15H,5-11H2,1-4H3. The van der Waals surface area contributed by atoms with Crippen LogP contribution in [-0.2, 0) is 9.47 Å². The lowest BCUT2D eigenvalue weighted by Crippen LogP contribution is -2.41. The van der Waals surface area contributed by atoms with E-state index in [0.29, 0.717) is 12.2 Å². The van der Waals surface area contributed by atoms with Crippen molar-refractivity contribution in [1.29, 1.82) is 0 Å². The predicted molar refractivity (Wildman–Crippen MR) is 71.4 cm³/mol. The largest absolute Gasteiger partial charge is 0.381 e. The smallest absolute Gasteiger partial charge is 0.0600 e. The van der Waals surface area contributed by atoms with Crippen molar-refractivity contribution in [2.75, 3.05) is 20.3 Å². The molecule has 1 rings (SSSR count). The Hall–Kier alpha value is -0.120. The van der Waals surface area contributed by atoms with Crippen molar-refractivity contribution in [3.05, 3.63) is 0 Å². The molecule has 0 aromatic carbocycles. The molecular formula is C14H29NO2. The quantitative estimate of drug-likeness (QED) is 0.697. The van der Waals surface area contributed by atoms with Gasteiger partial charge < -0.3 is 14.8 Å². The van der Waals surface area contributed by atoms with Crippen LogP contribution in [0.2, 0.25) is 0 Å². The van der Waals surface area contributed by atoms with Crippen LogP contribution in [0.4, 0.5) is 0 Å². The van der Waals surface area contributed by atoms with Crippen molar-refractivity contribution in [3.8, 4) is 0 Å². The third-order valence-corrected chi connectivity index (χ3v) is 3.85. The van der Waals surface area contributed by atoms with Gasteiger partial charge in [-0.25, -0.2) is 0 Å². The van der Waals surface area contributed by atoms with Crippen LogP contribution in [0.15, 0.2) is 0 Å². The molecule has 0 aromatic heterocycles. The van der Waals surface area contributed by atoms with E-state index in [-0.39, 0.29) is 5.54 Å². The van der Waals surface area contributed by atoms with Crippen molar-refractivity contribution in [3.63, 3.8) is 0 Å². The average Bonchev–Trinajstić information content (AvgIpc) is 2.35. The third-order valence-electron chi connectivity index (χ3n) is 3.85. The number of ether oxygens (including phenoxy) is 2. The fraction of sp³-hybridized carbons (Fsp3) is 1.00. The van der Waals surface area contributed by atoms with Gasteiger partial charge in [-0.1, -0.05) is 6.92 Å². The van der Waals surface area contributed by atoms with Crippen LogP contribution < -0.4 is 5.32 Å². The van der Waals surface area contributed by atoms with E-state index in [9.17, 15) is 0 Å². The molecule has 0 aliphatic heterocycles. The number of hydrogen-bond donors (Lipinski definition) is 1. The molecule has 17 heavy (non-hydrogen) atoms. The van der Waals surface area contributed by atoms with Crippen molar-refractivity contribution >= 4 is 0 Å². The summed E-state index contributed by atoms with van der Waals surface area (Å²) in [6.07, 6.45) is 6.63. The Balaban J connectivity index is 2.10. The van der Waals surface area contributed by atoms with Gasteiger partial charge in [0.05, 0.1) is 18.8 Å². The maximum absolute atomic E-state index is 5.91. The van der Waals surface area contributed by atoms with Crippen LogP contribution in [0.3, 0.4) is 0 Å². The zero-order valence-electron chi connectivity index (χ0n) is 11.9. The maximum atomic E-state index is 5.91. The molecule has 2 atom stereocenters. The zero-order chi connectivity index (χ0) is 12.7. The first-order valence-corrected chi connectivity index (χ1v) is 6.97. The molecule has 0 saturated heterocycles. The van der Waals surface area contributed by atoms with Gasteiger partial charge in [0.2, 0.25) is 0 Å². The average molecular weight is 243 g/mol. The predicted octanol–water partition coefficient (Wildman–Crippen LogP) is 2.74. The Kier molecular flexibility index (Phi) is 6.45. The maximum Gasteiger partial charge on any atom is 0.0600 e. The van der Waals surface area contributed by atoms with E-state index in [1.807, 2.05) is 0 Å². The van der Waals surface area contributed by atoms with Gasteiger partial charge >= 0.3 is 0 Å². The first-order valence-electron chi connectivity index (χ1n) is 6.97. The van der Waals surface area contributed by atoms with Gasteiger partial charge in [0, 0.05) is 19.2 Å². The molecule has 0 bridgehead atoms. The molecule has 0 spiro atoms. The van der Waals surface area contributed by atoms with Crippen LogP contribution in [-0.4, -0.2) is 38.0 Å². The number of rotatable bonds is 7. The van der Waals surface area contributed by atoms with Gasteiger partial charge in [0.1, 0.15) is 0 Å². The summed E-state index contributed by atoms with van der Waals surface area (Å²) in [5.74, 6) is 0. The SMILES string of the molecule is CCC(C)(C)NCCOC1CCCC(OC)C1. The third kappa shape index (κ3) is 5.84. The molecule has 0 aromatic rings. The Labute approximate surface area is 106 Å². The number of hydrogen-bond acceptors (Lipinski definition) is 3. The molecule has 0 radical (unpaired) electrons. The first kappa shape index (κ1) is 14.9. The van der Waals surface area contributed by atoms with Crippen molar-refractivity contribution < 1.29 is 9.47 Å². The fourth-order valence-corrected chi connectivity index (χ4v) is 2.21. The summed E-state index contributed by atoms with van der Waals surface area (Å²) in [7, 11) is 1.80. The van der Waals surface area contributed by atoms with Crippen molar-refractivity contribution in [1.82, 2.24) is 5.32 Å². The second-order valence-corrected chi connectivity index (χ2v) is 5.68. The lowest BCUT2D eigenvalue weighted by atomic mass is 9.95. The molecule has 1 N–H and O–H groups in total. The highest BCUT2D eigenvalue weighted by atomic mass is 16.5. The highest BCUT2D eigenvalue weighted by Gasteiger charge is 2.22. The fourth-order valence-electron chi connectivity index (χ4n) is 2.21. The van der Waals surface area contributed by atoms with Crippen LogP contribution in [0.5, 0.6) is 0 Å². The van der Waals surface area contributed by atoms with Gasteiger partial charge in [-0.15, -0.1) is 0 Å². The second-order valence-electron chi connectivity index (χ2n) is 5.68. The lowest BCUT2D eigenvalue weighted by molar-refractivity contribution is -0.0292. The first-order chi connectivity index (χ1) is 8.07. The van der Waals surface area contributed by atoms with Crippen LogP contribution in [0, 0.1) is 0 Å². The number of methoxy groups -OCH3 is 1. The van der Waals surface area contributed by atoms with Gasteiger partial charge in [-0.3, -0.25) is 0 Å². The summed E-state index contributed by atoms with van der Waals surface area (Å²) in [6.45, 7) is 8.42. The normalized spacial score (nSPS) is 26.1. The summed E-state index contributed by atoms with van der Waals surface area (Å²) < 4.78 is 11.3. The number of nitrogens with one attached hydrogen (secondary N) is 1. The van der Waals surface area contributed by atoms with Gasteiger partial charge in [-0.2, -0.15) is 0 Å². The van der Waals surface area contributed by atoms with Crippen molar-refractivity contribution in [2.45, 2.75) is 70.6 Å². The summed E-state index contributed by atoms with van der Waals surface area (Å²) >= 11 is 0. The minimum Gasteiger partial charge on any atom is -0.381 e. The summed E-state index contributed by atoms with van der Waals surface area (Å²) in [4.78, 5) is 0. The summed E-state index contributed by atoms with van der Waals surface area (Å²) in [5, 5.41) is 3.52. The van der Waals surface area contributed by atoms with Crippen LogP contribution >= 0.6 is 0 Å². The van der Waals surface area contributed by atoms with E-state index >= 15 is 0 Å². The molecule has 0 heterocycles. The monoisotopic (exact) mass is 243 g/mol. The summed E-state index contributed by atoms with van der Waals surface area (Å²) in [5.41, 5.74) is 0.227. The van der Waals surface area contributed by atoms with E-state index in [2.05, 4.69) is 26.1 Å². The topological polar surface area (TPSA) is 30.5 Å². The molecule has 1 saturated carbocycles. The second kappa shape index (κ2) is 7.34. The molecule has 1 aliphatic rings.